The summed E-state index contributed by atoms with van der Waals surface area (Å²) in [5, 5.41) is 0. The van der Waals surface area contributed by atoms with Crippen LogP contribution in [0, 0.1) is 0 Å². The second-order valence-corrected chi connectivity index (χ2v) is 8.29. The predicted molar refractivity (Wildman–Crippen MR) is 101 cm³/mol. The summed E-state index contributed by atoms with van der Waals surface area (Å²) >= 11 is 3.24. The summed E-state index contributed by atoms with van der Waals surface area (Å²) < 4.78 is 22.2. The molecule has 0 aromatic rings. The molecule has 0 amide bonds. The van der Waals surface area contributed by atoms with Gasteiger partial charge in [0.15, 0.2) is 12.2 Å². The molecule has 2 saturated heterocycles. The van der Waals surface area contributed by atoms with E-state index in [2.05, 4.69) is 0 Å². The van der Waals surface area contributed by atoms with Crippen molar-refractivity contribution in [3.63, 3.8) is 0 Å². The Kier molecular flexibility index (Phi) is 8.98. The van der Waals surface area contributed by atoms with Crippen molar-refractivity contribution in [1.82, 2.24) is 0 Å². The van der Waals surface area contributed by atoms with E-state index < -0.39 is 48.4 Å². The standard InChI is InChI=1S/C16H28N2O6S2/c1-25-5-3-9(17)15(19)23-11-7-21-14-12(8-22-13(11)14)24-16(20)10(18)4-6-26-2/h9-14H,3-8,17-18H2,1-2H3/t9-,10-,11-,12+,13?,14?/m0/s1. The van der Waals surface area contributed by atoms with E-state index in [9.17, 15) is 9.59 Å². The van der Waals surface area contributed by atoms with Crippen molar-refractivity contribution < 1.29 is 28.5 Å². The fraction of sp³-hybridized carbons (Fsp3) is 0.875. The Morgan fingerprint density at radius 2 is 1.31 bits per heavy atom. The number of esters is 2. The van der Waals surface area contributed by atoms with Crippen molar-refractivity contribution in [2.75, 3.05) is 37.2 Å². The quantitative estimate of drug-likeness (QED) is 0.468. The first kappa shape index (κ1) is 21.8. The average Bonchev–Trinajstić information content (AvgIpc) is 3.21. The Balaban J connectivity index is 1.81. The number of nitrogens with two attached hydrogens (primary N) is 2. The fourth-order valence-corrected chi connectivity index (χ4v) is 3.81. The molecule has 2 aliphatic rings. The summed E-state index contributed by atoms with van der Waals surface area (Å²) in [6.45, 7) is 0.395. The molecule has 2 unspecified atom stereocenters. The molecule has 2 heterocycles. The van der Waals surface area contributed by atoms with Crippen LogP contribution in [0.2, 0.25) is 0 Å². The van der Waals surface area contributed by atoms with E-state index in [1.165, 1.54) is 0 Å². The van der Waals surface area contributed by atoms with Gasteiger partial charge in [0.2, 0.25) is 0 Å². The van der Waals surface area contributed by atoms with E-state index in [-0.39, 0.29) is 13.2 Å². The molecule has 2 rings (SSSR count). The molecule has 0 aliphatic carbocycles. The second kappa shape index (κ2) is 10.7. The molecule has 0 saturated carbocycles. The molecule has 8 nitrogen and oxygen atoms in total. The van der Waals surface area contributed by atoms with E-state index >= 15 is 0 Å². The highest BCUT2D eigenvalue weighted by atomic mass is 32.2. The number of thioether (sulfide) groups is 2. The van der Waals surface area contributed by atoms with E-state index in [0.717, 1.165) is 11.5 Å². The largest absolute Gasteiger partial charge is 0.456 e. The third-order valence-electron chi connectivity index (χ3n) is 4.37. The third kappa shape index (κ3) is 5.74. The zero-order valence-corrected chi connectivity index (χ0v) is 16.8. The lowest BCUT2D eigenvalue weighted by Crippen LogP contribution is -2.41. The number of hydrogen-bond donors (Lipinski definition) is 2. The third-order valence-corrected chi connectivity index (χ3v) is 5.66. The van der Waals surface area contributed by atoms with E-state index in [0.29, 0.717) is 12.8 Å². The maximum atomic E-state index is 12.1. The molecule has 150 valence electrons. The lowest BCUT2D eigenvalue weighted by Gasteiger charge is -2.19. The summed E-state index contributed by atoms with van der Waals surface area (Å²) in [6.07, 6.45) is 3.03. The topological polar surface area (TPSA) is 123 Å². The maximum absolute atomic E-state index is 12.1. The zero-order valence-electron chi connectivity index (χ0n) is 15.1. The Morgan fingerprint density at radius 3 is 1.65 bits per heavy atom. The van der Waals surface area contributed by atoms with E-state index in [1.807, 2.05) is 12.5 Å². The van der Waals surface area contributed by atoms with Gasteiger partial charge in [0.1, 0.15) is 24.3 Å². The van der Waals surface area contributed by atoms with Crippen LogP contribution in [-0.4, -0.2) is 85.7 Å². The summed E-state index contributed by atoms with van der Waals surface area (Å²) in [4.78, 5) is 24.1. The monoisotopic (exact) mass is 408 g/mol. The minimum atomic E-state index is -0.661. The maximum Gasteiger partial charge on any atom is 0.323 e. The number of rotatable bonds is 10. The van der Waals surface area contributed by atoms with Crippen LogP contribution < -0.4 is 11.5 Å². The number of ether oxygens (including phenoxy) is 4. The van der Waals surface area contributed by atoms with Crippen LogP contribution >= 0.6 is 23.5 Å². The van der Waals surface area contributed by atoms with Crippen molar-refractivity contribution in [2.24, 2.45) is 11.5 Å². The molecular weight excluding hydrogens is 380 g/mol. The van der Waals surface area contributed by atoms with Crippen LogP contribution in [0.25, 0.3) is 0 Å². The molecule has 4 N–H and O–H groups in total. The molecule has 0 bridgehead atoms. The number of fused-ring (bicyclic) bond motifs is 1. The number of hydrogen-bond acceptors (Lipinski definition) is 10. The number of carbonyl (C=O) groups excluding carboxylic acids is 2. The molecule has 2 fully saturated rings. The first-order chi connectivity index (χ1) is 12.5. The van der Waals surface area contributed by atoms with Gasteiger partial charge in [0.25, 0.3) is 0 Å². The lowest BCUT2D eigenvalue weighted by molar-refractivity contribution is -0.157. The van der Waals surface area contributed by atoms with Gasteiger partial charge in [-0.05, 0) is 36.9 Å². The molecule has 26 heavy (non-hydrogen) atoms. The van der Waals surface area contributed by atoms with Gasteiger partial charge in [-0.2, -0.15) is 23.5 Å². The highest BCUT2D eigenvalue weighted by Crippen LogP contribution is 2.31. The highest BCUT2D eigenvalue weighted by Gasteiger charge is 2.51. The molecule has 0 aromatic heterocycles. The van der Waals surface area contributed by atoms with Gasteiger partial charge in [-0.25, -0.2) is 0 Å². The van der Waals surface area contributed by atoms with Crippen LogP contribution in [0.5, 0.6) is 0 Å². The molecule has 0 aromatic carbocycles. The van der Waals surface area contributed by atoms with Gasteiger partial charge in [0.05, 0.1) is 13.2 Å². The van der Waals surface area contributed by atoms with Crippen LogP contribution in [0.1, 0.15) is 12.8 Å². The van der Waals surface area contributed by atoms with Crippen molar-refractivity contribution >= 4 is 35.5 Å². The Morgan fingerprint density at radius 1 is 0.923 bits per heavy atom. The molecular formula is C16H28N2O6S2. The van der Waals surface area contributed by atoms with Crippen LogP contribution in [-0.2, 0) is 28.5 Å². The van der Waals surface area contributed by atoms with Crippen molar-refractivity contribution in [3.8, 4) is 0 Å². The molecule has 2 aliphatic heterocycles. The summed E-state index contributed by atoms with van der Waals surface area (Å²) in [5.41, 5.74) is 11.7. The van der Waals surface area contributed by atoms with E-state index in [1.54, 1.807) is 23.5 Å². The summed E-state index contributed by atoms with van der Waals surface area (Å²) in [5.74, 6) is 0.650. The zero-order chi connectivity index (χ0) is 19.1. The van der Waals surface area contributed by atoms with Crippen molar-refractivity contribution in [1.29, 1.82) is 0 Å². The molecule has 0 radical (unpaired) electrons. The predicted octanol–water partition coefficient (Wildman–Crippen LogP) is -0.232. The fourth-order valence-electron chi connectivity index (χ4n) is 2.83. The van der Waals surface area contributed by atoms with Gasteiger partial charge in [-0.3, -0.25) is 9.59 Å². The second-order valence-electron chi connectivity index (χ2n) is 6.32. The minimum Gasteiger partial charge on any atom is -0.456 e. The average molecular weight is 409 g/mol. The lowest BCUT2D eigenvalue weighted by atomic mass is 10.1. The van der Waals surface area contributed by atoms with Gasteiger partial charge < -0.3 is 30.4 Å². The Hall–Kier alpha value is -0.520. The first-order valence-corrected chi connectivity index (χ1v) is 11.4. The highest BCUT2D eigenvalue weighted by molar-refractivity contribution is 7.98. The van der Waals surface area contributed by atoms with Gasteiger partial charge in [-0.15, -0.1) is 0 Å². The minimum absolute atomic E-state index is 0.197. The molecule has 10 heteroatoms. The summed E-state index contributed by atoms with van der Waals surface area (Å²) in [6, 6.07) is -1.32. The summed E-state index contributed by atoms with van der Waals surface area (Å²) in [7, 11) is 0. The van der Waals surface area contributed by atoms with Crippen LogP contribution in [0.4, 0.5) is 0 Å². The van der Waals surface area contributed by atoms with Crippen LogP contribution in [0.3, 0.4) is 0 Å². The SMILES string of the molecule is CSCC[C@H](N)C(=O)O[C@H]1COC2C1OC[C@H]2OC(=O)[C@@H](N)CCSC. The number of carbonyl (C=O) groups is 2. The Bertz CT molecular complexity index is 442. The van der Waals surface area contributed by atoms with Gasteiger partial charge in [-0.1, -0.05) is 0 Å². The molecule has 0 spiro atoms. The van der Waals surface area contributed by atoms with Crippen LogP contribution in [0.15, 0.2) is 0 Å². The smallest absolute Gasteiger partial charge is 0.323 e. The Labute approximate surface area is 162 Å². The van der Waals surface area contributed by atoms with Crippen molar-refractivity contribution in [2.45, 2.75) is 49.3 Å². The van der Waals surface area contributed by atoms with Gasteiger partial charge in [0, 0.05) is 0 Å². The van der Waals surface area contributed by atoms with E-state index in [4.69, 9.17) is 30.4 Å². The van der Waals surface area contributed by atoms with Crippen molar-refractivity contribution in [3.05, 3.63) is 0 Å². The van der Waals surface area contributed by atoms with Gasteiger partial charge >= 0.3 is 11.9 Å². The molecule has 6 atom stereocenters. The first-order valence-electron chi connectivity index (χ1n) is 8.61. The normalized spacial score (nSPS) is 29.8.